The molecule has 0 aliphatic heterocycles. The minimum Gasteiger partial charge on any atom is -0.375 e. The summed E-state index contributed by atoms with van der Waals surface area (Å²) < 4.78 is 22.7. The molecule has 0 atom stereocenters. The van der Waals surface area contributed by atoms with Gasteiger partial charge in [-0.05, 0) is 24.3 Å². The first-order valence-electron chi connectivity index (χ1n) is 4.51. The van der Waals surface area contributed by atoms with Crippen molar-refractivity contribution in [2.45, 2.75) is 4.90 Å². The molecule has 0 unspecified atom stereocenters. The first-order chi connectivity index (χ1) is 7.00. The maximum Gasteiger partial charge on any atom is 0.175 e. The smallest absolute Gasteiger partial charge is 0.175 e. The first kappa shape index (κ1) is 10.0. The maximum atomic E-state index is 11.3. The van der Waals surface area contributed by atoms with E-state index in [-0.39, 0.29) is 0 Å². The number of sulfone groups is 1. The highest BCUT2D eigenvalue weighted by Gasteiger charge is 2.08. The average molecular weight is 224 g/mol. The molecule has 1 aromatic heterocycles. The number of H-pyrrole nitrogens is 1. The third kappa shape index (κ3) is 1.83. The Balaban J connectivity index is 2.66. The Labute approximate surface area is 88.2 Å². The van der Waals surface area contributed by atoms with Crippen molar-refractivity contribution in [3.63, 3.8) is 0 Å². The van der Waals surface area contributed by atoms with E-state index >= 15 is 0 Å². The van der Waals surface area contributed by atoms with Crippen LogP contribution in [0, 0.1) is 0 Å². The lowest BCUT2D eigenvalue weighted by Gasteiger charge is -1.97. The van der Waals surface area contributed by atoms with Crippen molar-refractivity contribution < 1.29 is 8.42 Å². The summed E-state index contributed by atoms with van der Waals surface area (Å²) >= 11 is 0. The second-order valence-corrected chi connectivity index (χ2v) is 5.47. The molecule has 0 fully saturated rings. The molecule has 2 N–H and O–H groups in total. The van der Waals surface area contributed by atoms with Gasteiger partial charge in [0.05, 0.1) is 4.90 Å². The predicted molar refractivity (Wildman–Crippen MR) is 61.0 cm³/mol. The van der Waals surface area contributed by atoms with E-state index in [0.29, 0.717) is 4.90 Å². The monoisotopic (exact) mass is 224 g/mol. The van der Waals surface area contributed by atoms with Gasteiger partial charge in [-0.3, -0.25) is 0 Å². The van der Waals surface area contributed by atoms with E-state index in [1.807, 2.05) is 13.1 Å². The van der Waals surface area contributed by atoms with Gasteiger partial charge in [-0.25, -0.2) is 8.42 Å². The zero-order chi connectivity index (χ0) is 11.1. The number of aromatic nitrogens is 1. The lowest BCUT2D eigenvalue weighted by molar-refractivity contribution is 0.602. The van der Waals surface area contributed by atoms with Crippen molar-refractivity contribution in [1.29, 1.82) is 0 Å². The number of rotatable bonds is 2. The third-order valence-electron chi connectivity index (χ3n) is 2.29. The summed E-state index contributed by atoms with van der Waals surface area (Å²) in [6.07, 6.45) is 1.21. The molecule has 0 bridgehead atoms. The summed E-state index contributed by atoms with van der Waals surface area (Å²) in [5.74, 6) is 0.871. The third-order valence-corrected chi connectivity index (χ3v) is 3.40. The molecule has 0 radical (unpaired) electrons. The minimum absolute atomic E-state index is 0.344. The molecule has 0 saturated carbocycles. The normalized spacial score (nSPS) is 11.9. The number of fused-ring (bicyclic) bond motifs is 1. The van der Waals surface area contributed by atoms with Crippen LogP contribution in [0.15, 0.2) is 29.2 Å². The molecule has 5 heteroatoms. The van der Waals surface area contributed by atoms with E-state index in [1.54, 1.807) is 18.2 Å². The second-order valence-electron chi connectivity index (χ2n) is 3.45. The Morgan fingerprint density at radius 2 is 2.00 bits per heavy atom. The van der Waals surface area contributed by atoms with Crippen LogP contribution in [-0.2, 0) is 9.84 Å². The molecule has 2 rings (SSSR count). The number of aromatic amines is 1. The number of nitrogens with one attached hydrogen (secondary N) is 2. The van der Waals surface area contributed by atoms with E-state index < -0.39 is 9.84 Å². The Hall–Kier alpha value is -1.49. The molecule has 0 aliphatic carbocycles. The predicted octanol–water partition coefficient (Wildman–Crippen LogP) is 1.61. The minimum atomic E-state index is -3.13. The Morgan fingerprint density at radius 3 is 2.60 bits per heavy atom. The summed E-state index contributed by atoms with van der Waals surface area (Å²) in [5, 5.41) is 3.86. The van der Waals surface area contributed by atoms with E-state index in [0.717, 1.165) is 16.7 Å². The molecule has 0 saturated heterocycles. The number of hydrogen-bond acceptors (Lipinski definition) is 3. The van der Waals surface area contributed by atoms with Crippen molar-refractivity contribution in [3.05, 3.63) is 24.3 Å². The summed E-state index contributed by atoms with van der Waals surface area (Å²) in [5.41, 5.74) is 0.923. The zero-order valence-corrected chi connectivity index (χ0v) is 9.35. The van der Waals surface area contributed by atoms with Gasteiger partial charge in [0.2, 0.25) is 0 Å². The Bertz CT molecular complexity index is 599. The Morgan fingerprint density at radius 1 is 1.27 bits per heavy atom. The molecule has 1 heterocycles. The summed E-state index contributed by atoms with van der Waals surface area (Å²) in [6, 6.07) is 6.92. The summed E-state index contributed by atoms with van der Waals surface area (Å²) in [7, 11) is -1.32. The fourth-order valence-corrected chi connectivity index (χ4v) is 2.13. The van der Waals surface area contributed by atoms with Crippen LogP contribution in [0.2, 0.25) is 0 Å². The Kier molecular flexibility index (Phi) is 2.19. The van der Waals surface area contributed by atoms with Gasteiger partial charge in [0.1, 0.15) is 5.82 Å². The topological polar surface area (TPSA) is 62.0 Å². The number of hydrogen-bond donors (Lipinski definition) is 2. The van der Waals surface area contributed by atoms with Crippen molar-refractivity contribution in [2.24, 2.45) is 0 Å². The van der Waals surface area contributed by atoms with Gasteiger partial charge in [-0.2, -0.15) is 0 Å². The van der Waals surface area contributed by atoms with Gasteiger partial charge in [-0.15, -0.1) is 0 Å². The van der Waals surface area contributed by atoms with E-state index in [2.05, 4.69) is 10.3 Å². The molecule has 0 spiro atoms. The van der Waals surface area contributed by atoms with Crippen LogP contribution < -0.4 is 5.32 Å². The molecular weight excluding hydrogens is 212 g/mol. The van der Waals surface area contributed by atoms with E-state index in [9.17, 15) is 8.42 Å². The zero-order valence-electron chi connectivity index (χ0n) is 8.53. The standard InChI is InChI=1S/C10H12N2O2S/c1-11-10-6-7-5-8(15(2,13)14)3-4-9(7)12-10/h3-6,11-12H,1-2H3. The van der Waals surface area contributed by atoms with Crippen LogP contribution >= 0.6 is 0 Å². The van der Waals surface area contributed by atoms with E-state index in [1.165, 1.54) is 6.26 Å². The van der Waals surface area contributed by atoms with Gasteiger partial charge in [-0.1, -0.05) is 0 Å². The van der Waals surface area contributed by atoms with Crippen molar-refractivity contribution in [3.8, 4) is 0 Å². The first-order valence-corrected chi connectivity index (χ1v) is 6.40. The molecule has 15 heavy (non-hydrogen) atoms. The molecule has 1 aromatic carbocycles. The lowest BCUT2D eigenvalue weighted by atomic mass is 10.2. The van der Waals surface area contributed by atoms with Gasteiger partial charge in [0.15, 0.2) is 9.84 Å². The van der Waals surface area contributed by atoms with Crippen LogP contribution in [0.4, 0.5) is 5.82 Å². The van der Waals surface area contributed by atoms with Gasteiger partial charge in [0.25, 0.3) is 0 Å². The van der Waals surface area contributed by atoms with Crippen LogP contribution in [0.25, 0.3) is 10.9 Å². The van der Waals surface area contributed by atoms with Crippen LogP contribution in [0.5, 0.6) is 0 Å². The van der Waals surface area contributed by atoms with Crippen molar-refractivity contribution >= 4 is 26.6 Å². The highest BCUT2D eigenvalue weighted by molar-refractivity contribution is 7.90. The molecular formula is C10H12N2O2S. The molecule has 2 aromatic rings. The lowest BCUT2D eigenvalue weighted by Crippen LogP contribution is -1.95. The quantitative estimate of drug-likeness (QED) is 0.814. The van der Waals surface area contributed by atoms with E-state index in [4.69, 9.17) is 0 Å². The fourth-order valence-electron chi connectivity index (χ4n) is 1.48. The van der Waals surface area contributed by atoms with Crippen molar-refractivity contribution in [1.82, 2.24) is 4.98 Å². The van der Waals surface area contributed by atoms with Crippen LogP contribution in [-0.4, -0.2) is 26.7 Å². The SMILES string of the molecule is CNc1cc2cc(S(C)(=O)=O)ccc2[nH]1. The second kappa shape index (κ2) is 3.27. The van der Waals surface area contributed by atoms with Crippen LogP contribution in [0.3, 0.4) is 0 Å². The molecule has 0 aliphatic rings. The molecule has 0 amide bonds. The number of benzene rings is 1. The fraction of sp³-hybridized carbons (Fsp3) is 0.200. The molecule has 4 nitrogen and oxygen atoms in total. The highest BCUT2D eigenvalue weighted by Crippen LogP contribution is 2.21. The average Bonchev–Trinajstić information content (AvgIpc) is 2.57. The van der Waals surface area contributed by atoms with Gasteiger partial charge in [0, 0.05) is 24.2 Å². The van der Waals surface area contributed by atoms with Crippen molar-refractivity contribution in [2.75, 3.05) is 18.6 Å². The van der Waals surface area contributed by atoms with Crippen LogP contribution in [0.1, 0.15) is 0 Å². The molecule has 80 valence electrons. The van der Waals surface area contributed by atoms with Gasteiger partial charge < -0.3 is 10.3 Å². The largest absolute Gasteiger partial charge is 0.375 e. The maximum absolute atomic E-state index is 11.3. The van der Waals surface area contributed by atoms with Gasteiger partial charge >= 0.3 is 0 Å². The summed E-state index contributed by atoms with van der Waals surface area (Å²) in [4.78, 5) is 3.46. The summed E-state index contributed by atoms with van der Waals surface area (Å²) in [6.45, 7) is 0. The highest BCUT2D eigenvalue weighted by atomic mass is 32.2. The number of anilines is 1.